The first kappa shape index (κ1) is 19.8. The second-order valence-electron chi connectivity index (χ2n) is 5.97. The molecular formula is C15H22ClN5O3S. The van der Waals surface area contributed by atoms with Crippen LogP contribution in [0.15, 0.2) is 33.7 Å². The quantitative estimate of drug-likeness (QED) is 0.836. The van der Waals surface area contributed by atoms with Crippen molar-refractivity contribution in [3.05, 3.63) is 30.1 Å². The van der Waals surface area contributed by atoms with Gasteiger partial charge in [-0.25, -0.2) is 12.7 Å². The molecule has 10 heteroatoms. The molecule has 1 aromatic heterocycles. The van der Waals surface area contributed by atoms with Crippen LogP contribution in [0.5, 0.6) is 0 Å². The van der Waals surface area contributed by atoms with Gasteiger partial charge in [0.1, 0.15) is 0 Å². The van der Waals surface area contributed by atoms with Crippen molar-refractivity contribution in [1.29, 1.82) is 0 Å². The number of rotatable bonds is 4. The van der Waals surface area contributed by atoms with Crippen molar-refractivity contribution in [3.8, 4) is 11.5 Å². The van der Waals surface area contributed by atoms with Gasteiger partial charge in [-0.1, -0.05) is 5.16 Å². The number of hydrogen-bond donors (Lipinski definition) is 1. The first-order valence-corrected chi connectivity index (χ1v) is 9.11. The lowest BCUT2D eigenvalue weighted by Gasteiger charge is -2.30. The Labute approximate surface area is 153 Å². The third-order valence-electron chi connectivity index (χ3n) is 4.13. The van der Waals surface area contributed by atoms with Gasteiger partial charge < -0.3 is 9.84 Å². The summed E-state index contributed by atoms with van der Waals surface area (Å²) >= 11 is 0. The van der Waals surface area contributed by atoms with Gasteiger partial charge in [-0.3, -0.25) is 4.90 Å². The molecule has 1 aliphatic heterocycles. The highest BCUT2D eigenvalue weighted by atomic mass is 35.5. The highest BCUT2D eigenvalue weighted by Crippen LogP contribution is 2.24. The molecule has 1 aliphatic rings. The van der Waals surface area contributed by atoms with E-state index in [2.05, 4.69) is 20.4 Å². The van der Waals surface area contributed by atoms with Gasteiger partial charge in [-0.05, 0) is 31.3 Å². The number of likely N-dealkylation sites (N-methyl/N-ethyl adjacent to an activating group) is 1. The number of aromatic nitrogens is 2. The van der Waals surface area contributed by atoms with Gasteiger partial charge in [0.05, 0.1) is 10.9 Å². The van der Waals surface area contributed by atoms with Gasteiger partial charge >= 0.3 is 0 Å². The summed E-state index contributed by atoms with van der Waals surface area (Å²) < 4.78 is 30.7. The number of halogens is 1. The Hall–Kier alpha value is -1.52. The van der Waals surface area contributed by atoms with Gasteiger partial charge in [0.25, 0.3) is 5.89 Å². The first-order valence-electron chi connectivity index (χ1n) is 7.67. The molecule has 25 heavy (non-hydrogen) atoms. The zero-order chi connectivity index (χ0) is 17.3. The van der Waals surface area contributed by atoms with Gasteiger partial charge in [-0.15, -0.1) is 12.4 Å². The van der Waals surface area contributed by atoms with Crippen LogP contribution >= 0.6 is 12.4 Å². The summed E-state index contributed by atoms with van der Waals surface area (Å²) in [4.78, 5) is 6.87. The van der Waals surface area contributed by atoms with Crippen LogP contribution in [-0.4, -0.2) is 68.5 Å². The predicted molar refractivity (Wildman–Crippen MR) is 96.1 cm³/mol. The molecule has 0 radical (unpaired) electrons. The van der Waals surface area contributed by atoms with E-state index in [-0.39, 0.29) is 23.3 Å². The zero-order valence-electron chi connectivity index (χ0n) is 14.3. The minimum atomic E-state index is -3.44. The average Bonchev–Trinajstić information content (AvgIpc) is 3.05. The molecule has 8 nitrogen and oxygen atoms in total. The van der Waals surface area contributed by atoms with E-state index >= 15 is 0 Å². The Bertz CT molecular complexity index is 807. The van der Waals surface area contributed by atoms with E-state index in [0.29, 0.717) is 17.3 Å². The molecule has 0 aliphatic carbocycles. The minimum Gasteiger partial charge on any atom is -0.334 e. The van der Waals surface area contributed by atoms with Crippen LogP contribution in [-0.2, 0) is 10.0 Å². The molecule has 1 aromatic carbocycles. The van der Waals surface area contributed by atoms with E-state index in [4.69, 9.17) is 4.52 Å². The van der Waals surface area contributed by atoms with Crippen LogP contribution < -0.4 is 5.32 Å². The summed E-state index contributed by atoms with van der Waals surface area (Å²) in [6, 6.07) is 6.52. The molecule has 1 unspecified atom stereocenters. The predicted octanol–water partition coefficient (Wildman–Crippen LogP) is 0.985. The smallest absolute Gasteiger partial charge is 0.257 e. The molecular weight excluding hydrogens is 366 g/mol. The van der Waals surface area contributed by atoms with Crippen LogP contribution in [0.3, 0.4) is 0 Å². The number of benzene rings is 1. The van der Waals surface area contributed by atoms with E-state index in [1.165, 1.54) is 18.4 Å². The van der Waals surface area contributed by atoms with Crippen molar-refractivity contribution in [1.82, 2.24) is 24.7 Å². The van der Waals surface area contributed by atoms with Crippen molar-refractivity contribution in [2.75, 3.05) is 40.8 Å². The fourth-order valence-corrected chi connectivity index (χ4v) is 3.46. The van der Waals surface area contributed by atoms with E-state index in [9.17, 15) is 8.42 Å². The van der Waals surface area contributed by atoms with Crippen molar-refractivity contribution >= 4 is 22.4 Å². The first-order chi connectivity index (χ1) is 11.4. The molecule has 0 amide bonds. The lowest BCUT2D eigenvalue weighted by Crippen LogP contribution is -2.44. The van der Waals surface area contributed by atoms with Crippen LogP contribution in [0.25, 0.3) is 11.5 Å². The highest BCUT2D eigenvalue weighted by Gasteiger charge is 2.25. The molecule has 0 saturated carbocycles. The van der Waals surface area contributed by atoms with E-state index in [1.54, 1.807) is 24.3 Å². The fraction of sp³-hybridized carbons (Fsp3) is 0.467. The molecule has 1 saturated heterocycles. The van der Waals surface area contributed by atoms with Gasteiger partial charge in [-0.2, -0.15) is 4.98 Å². The van der Waals surface area contributed by atoms with Crippen LogP contribution in [0.2, 0.25) is 0 Å². The molecule has 1 fully saturated rings. The SMILES string of the molecule is CN1CCNCC1c1noc(-c2ccc(S(=O)(=O)N(C)C)cc2)n1.Cl. The fourth-order valence-electron chi connectivity index (χ4n) is 2.56. The Kier molecular flexibility index (Phi) is 6.17. The van der Waals surface area contributed by atoms with Crippen molar-refractivity contribution in [2.45, 2.75) is 10.9 Å². The normalized spacial score (nSPS) is 19.0. The summed E-state index contributed by atoms with van der Waals surface area (Å²) in [5.41, 5.74) is 0.692. The largest absolute Gasteiger partial charge is 0.334 e. The third kappa shape index (κ3) is 4.01. The minimum absolute atomic E-state index is 0. The van der Waals surface area contributed by atoms with Crippen LogP contribution in [0.4, 0.5) is 0 Å². The van der Waals surface area contributed by atoms with E-state index < -0.39 is 10.0 Å². The monoisotopic (exact) mass is 387 g/mol. The lowest BCUT2D eigenvalue weighted by molar-refractivity contribution is 0.190. The Balaban J connectivity index is 0.00000225. The molecule has 0 bridgehead atoms. The maximum Gasteiger partial charge on any atom is 0.257 e. The molecule has 0 spiro atoms. The molecule has 1 N–H and O–H groups in total. The zero-order valence-corrected chi connectivity index (χ0v) is 16.0. The molecule has 2 aromatic rings. The van der Waals surface area contributed by atoms with E-state index in [1.807, 2.05) is 7.05 Å². The molecule has 2 heterocycles. The highest BCUT2D eigenvalue weighted by molar-refractivity contribution is 7.89. The summed E-state index contributed by atoms with van der Waals surface area (Å²) in [5.74, 6) is 1.02. The van der Waals surface area contributed by atoms with Gasteiger partial charge in [0.2, 0.25) is 10.0 Å². The van der Waals surface area contributed by atoms with Crippen molar-refractivity contribution in [2.24, 2.45) is 0 Å². The number of nitrogens with one attached hydrogen (secondary N) is 1. The average molecular weight is 388 g/mol. The molecule has 3 rings (SSSR count). The summed E-state index contributed by atoms with van der Waals surface area (Å²) in [7, 11) is 1.59. The van der Waals surface area contributed by atoms with Gasteiger partial charge in [0.15, 0.2) is 5.82 Å². The summed E-state index contributed by atoms with van der Waals surface area (Å²) in [6.45, 7) is 2.64. The number of hydrogen-bond acceptors (Lipinski definition) is 7. The summed E-state index contributed by atoms with van der Waals surface area (Å²) in [6.07, 6.45) is 0. The standard InChI is InChI=1S/C15H21N5O3S.ClH/c1-19(2)24(21,22)12-6-4-11(5-7-12)15-17-14(18-23-15)13-10-16-8-9-20(13)3;/h4-7,13,16H,8-10H2,1-3H3;1H. The van der Waals surface area contributed by atoms with Gasteiger partial charge in [0, 0.05) is 39.3 Å². The van der Waals surface area contributed by atoms with Crippen molar-refractivity contribution < 1.29 is 12.9 Å². The molecule has 1 atom stereocenters. The molecule has 138 valence electrons. The maximum atomic E-state index is 12.1. The number of nitrogens with zero attached hydrogens (tertiary/aromatic N) is 4. The Morgan fingerprint density at radius 1 is 1.28 bits per heavy atom. The third-order valence-corrected chi connectivity index (χ3v) is 5.96. The van der Waals surface area contributed by atoms with Crippen LogP contribution in [0.1, 0.15) is 11.9 Å². The maximum absolute atomic E-state index is 12.1. The second-order valence-corrected chi connectivity index (χ2v) is 8.12. The number of piperazine rings is 1. The topological polar surface area (TPSA) is 91.6 Å². The van der Waals surface area contributed by atoms with E-state index in [0.717, 1.165) is 19.6 Å². The lowest BCUT2D eigenvalue weighted by atomic mass is 10.2. The summed E-state index contributed by atoms with van der Waals surface area (Å²) in [5, 5.41) is 7.38. The van der Waals surface area contributed by atoms with Crippen molar-refractivity contribution in [3.63, 3.8) is 0 Å². The Morgan fingerprint density at radius 2 is 1.96 bits per heavy atom. The van der Waals surface area contributed by atoms with Crippen LogP contribution in [0, 0.1) is 0 Å². The number of sulfonamides is 1. The Morgan fingerprint density at radius 3 is 2.56 bits per heavy atom. The second kappa shape index (κ2) is 7.79.